The summed E-state index contributed by atoms with van der Waals surface area (Å²) < 4.78 is 10.2. The van der Waals surface area contributed by atoms with Crippen LogP contribution in [0.25, 0.3) is 10.9 Å². The highest BCUT2D eigenvalue weighted by Gasteiger charge is 2.13. The maximum absolute atomic E-state index is 11.7. The van der Waals surface area contributed by atoms with Crippen LogP contribution in [0.5, 0.6) is 5.75 Å². The Morgan fingerprint density at radius 1 is 1.39 bits per heavy atom. The Morgan fingerprint density at radius 3 is 2.83 bits per heavy atom. The van der Waals surface area contributed by atoms with Gasteiger partial charge in [0.2, 0.25) is 0 Å². The van der Waals surface area contributed by atoms with Gasteiger partial charge in [-0.3, -0.25) is 0 Å². The van der Waals surface area contributed by atoms with Gasteiger partial charge in [-0.2, -0.15) is 0 Å². The topological polar surface area (TPSA) is 48.4 Å². The lowest BCUT2D eigenvalue weighted by Gasteiger charge is -2.08. The zero-order valence-corrected chi connectivity index (χ0v) is 10.8. The smallest absolute Gasteiger partial charge is 0.357 e. The summed E-state index contributed by atoms with van der Waals surface area (Å²) in [5, 5.41) is 1.35. The van der Waals surface area contributed by atoms with Gasteiger partial charge in [-0.1, -0.05) is 11.6 Å². The van der Waals surface area contributed by atoms with Crippen molar-refractivity contribution in [1.82, 2.24) is 4.98 Å². The predicted octanol–water partition coefficient (Wildman–Crippen LogP) is 3.07. The van der Waals surface area contributed by atoms with Crippen molar-refractivity contribution in [3.8, 4) is 5.75 Å². The van der Waals surface area contributed by atoms with E-state index in [9.17, 15) is 4.79 Å². The van der Waals surface area contributed by atoms with Crippen molar-refractivity contribution >= 4 is 28.5 Å². The zero-order chi connectivity index (χ0) is 13.1. The molecule has 18 heavy (non-hydrogen) atoms. The fourth-order valence-corrected chi connectivity index (χ4v) is 1.82. The molecule has 94 valence electrons. The molecule has 0 unspecified atom stereocenters. The molecule has 0 amide bonds. The molecular weight excluding hydrogens is 254 g/mol. The summed E-state index contributed by atoms with van der Waals surface area (Å²) in [7, 11) is 1.53. The lowest BCUT2D eigenvalue weighted by molar-refractivity contribution is 0.0519. The lowest BCUT2D eigenvalue weighted by Crippen LogP contribution is -2.07. The minimum atomic E-state index is -0.465. The van der Waals surface area contributed by atoms with Crippen molar-refractivity contribution in [1.29, 1.82) is 0 Å². The van der Waals surface area contributed by atoms with Gasteiger partial charge in [-0.05, 0) is 25.1 Å². The minimum Gasteiger partial charge on any atom is -0.496 e. The number of hydrogen-bond acceptors (Lipinski definition) is 4. The van der Waals surface area contributed by atoms with Gasteiger partial charge < -0.3 is 9.47 Å². The Kier molecular flexibility index (Phi) is 3.67. The second kappa shape index (κ2) is 5.23. The Hall–Kier alpha value is -1.81. The SMILES string of the molecule is CCOC(=O)c1cc(OC)c2cc(Cl)ccc2n1. The van der Waals surface area contributed by atoms with Gasteiger partial charge >= 0.3 is 5.97 Å². The van der Waals surface area contributed by atoms with Crippen molar-refractivity contribution < 1.29 is 14.3 Å². The molecule has 4 nitrogen and oxygen atoms in total. The van der Waals surface area contributed by atoms with Crippen LogP contribution in [0.1, 0.15) is 17.4 Å². The molecule has 0 bridgehead atoms. The molecule has 1 aromatic heterocycles. The molecule has 2 aromatic rings. The lowest BCUT2D eigenvalue weighted by atomic mass is 10.2. The molecule has 0 aliphatic carbocycles. The van der Waals surface area contributed by atoms with E-state index in [-0.39, 0.29) is 5.69 Å². The molecule has 0 N–H and O–H groups in total. The second-order valence-electron chi connectivity index (χ2n) is 3.59. The minimum absolute atomic E-state index is 0.225. The van der Waals surface area contributed by atoms with Gasteiger partial charge in [0, 0.05) is 16.5 Å². The van der Waals surface area contributed by atoms with Crippen molar-refractivity contribution in [2.24, 2.45) is 0 Å². The summed E-state index contributed by atoms with van der Waals surface area (Å²) in [6, 6.07) is 6.75. The van der Waals surface area contributed by atoms with Gasteiger partial charge in [0.15, 0.2) is 5.69 Å². The number of carbonyl (C=O) groups is 1. The van der Waals surface area contributed by atoms with E-state index in [0.29, 0.717) is 22.9 Å². The van der Waals surface area contributed by atoms with Crippen LogP contribution < -0.4 is 4.74 Å². The van der Waals surface area contributed by atoms with Crippen LogP contribution in [-0.2, 0) is 4.74 Å². The number of methoxy groups -OCH3 is 1. The number of halogens is 1. The molecule has 1 heterocycles. The van der Waals surface area contributed by atoms with Gasteiger partial charge in [-0.25, -0.2) is 9.78 Å². The van der Waals surface area contributed by atoms with Crippen LogP contribution >= 0.6 is 11.6 Å². The highest BCUT2D eigenvalue weighted by atomic mass is 35.5. The normalized spacial score (nSPS) is 10.4. The summed E-state index contributed by atoms with van der Waals surface area (Å²) in [5.74, 6) is 0.0817. The Bertz CT molecular complexity index is 598. The first-order valence-electron chi connectivity index (χ1n) is 5.47. The molecule has 0 fully saturated rings. The molecule has 0 radical (unpaired) electrons. The van der Waals surface area contributed by atoms with E-state index in [0.717, 1.165) is 5.39 Å². The zero-order valence-electron chi connectivity index (χ0n) is 10.1. The van der Waals surface area contributed by atoms with E-state index in [1.807, 2.05) is 0 Å². The fourth-order valence-electron chi connectivity index (χ4n) is 1.65. The van der Waals surface area contributed by atoms with Crippen LogP contribution in [0, 0.1) is 0 Å². The molecule has 5 heteroatoms. The quantitative estimate of drug-likeness (QED) is 0.800. The van der Waals surface area contributed by atoms with Gasteiger partial charge in [-0.15, -0.1) is 0 Å². The maximum atomic E-state index is 11.7. The van der Waals surface area contributed by atoms with Gasteiger partial charge in [0.05, 0.1) is 19.2 Å². The Balaban J connectivity index is 2.59. The number of rotatable bonds is 3. The summed E-state index contributed by atoms with van der Waals surface area (Å²) in [6.07, 6.45) is 0. The van der Waals surface area contributed by atoms with E-state index >= 15 is 0 Å². The highest BCUT2D eigenvalue weighted by Crippen LogP contribution is 2.28. The second-order valence-corrected chi connectivity index (χ2v) is 4.03. The Morgan fingerprint density at radius 2 is 2.17 bits per heavy atom. The first-order valence-corrected chi connectivity index (χ1v) is 5.85. The third-order valence-electron chi connectivity index (χ3n) is 2.44. The first kappa shape index (κ1) is 12.6. The molecule has 0 saturated carbocycles. The van der Waals surface area contributed by atoms with Crippen molar-refractivity contribution in [3.05, 3.63) is 35.0 Å². The number of benzene rings is 1. The van der Waals surface area contributed by atoms with E-state index in [4.69, 9.17) is 21.1 Å². The molecule has 0 atom stereocenters. The average Bonchev–Trinajstić information content (AvgIpc) is 2.37. The summed E-state index contributed by atoms with van der Waals surface area (Å²) in [4.78, 5) is 15.9. The molecule has 0 spiro atoms. The first-order chi connectivity index (χ1) is 8.65. The van der Waals surface area contributed by atoms with E-state index in [1.165, 1.54) is 7.11 Å². The number of carbonyl (C=O) groups excluding carboxylic acids is 1. The van der Waals surface area contributed by atoms with Crippen LogP contribution in [-0.4, -0.2) is 24.7 Å². The van der Waals surface area contributed by atoms with E-state index < -0.39 is 5.97 Å². The monoisotopic (exact) mass is 265 g/mol. The summed E-state index contributed by atoms with van der Waals surface area (Å²) >= 11 is 5.92. The number of pyridine rings is 1. The van der Waals surface area contributed by atoms with E-state index in [1.54, 1.807) is 31.2 Å². The summed E-state index contributed by atoms with van der Waals surface area (Å²) in [6.45, 7) is 2.05. The largest absolute Gasteiger partial charge is 0.496 e. The van der Waals surface area contributed by atoms with Crippen LogP contribution in [0.15, 0.2) is 24.3 Å². The van der Waals surface area contributed by atoms with E-state index in [2.05, 4.69) is 4.98 Å². The van der Waals surface area contributed by atoms with Gasteiger partial charge in [0.1, 0.15) is 5.75 Å². The third kappa shape index (κ3) is 2.38. The molecule has 0 saturated heterocycles. The number of hydrogen-bond donors (Lipinski definition) is 0. The average molecular weight is 266 g/mol. The summed E-state index contributed by atoms with van der Waals surface area (Å²) in [5.41, 5.74) is 0.866. The molecule has 2 rings (SSSR count). The van der Waals surface area contributed by atoms with Crippen LogP contribution in [0.2, 0.25) is 5.02 Å². The highest BCUT2D eigenvalue weighted by molar-refractivity contribution is 6.31. The number of aromatic nitrogens is 1. The maximum Gasteiger partial charge on any atom is 0.357 e. The Labute approximate surface area is 109 Å². The van der Waals surface area contributed by atoms with Gasteiger partial charge in [0.25, 0.3) is 0 Å². The number of nitrogens with zero attached hydrogens (tertiary/aromatic N) is 1. The van der Waals surface area contributed by atoms with Crippen LogP contribution in [0.4, 0.5) is 0 Å². The van der Waals surface area contributed by atoms with Crippen LogP contribution in [0.3, 0.4) is 0 Å². The van der Waals surface area contributed by atoms with Crippen molar-refractivity contribution in [2.45, 2.75) is 6.92 Å². The molecule has 1 aromatic carbocycles. The number of ether oxygens (including phenoxy) is 2. The van der Waals surface area contributed by atoms with Crippen molar-refractivity contribution in [2.75, 3.05) is 13.7 Å². The molecular formula is C13H12ClNO3. The molecule has 0 aliphatic rings. The standard InChI is InChI=1S/C13H12ClNO3/c1-3-18-13(16)11-7-12(17-2)9-6-8(14)4-5-10(9)15-11/h4-7H,3H2,1-2H3. The number of fused-ring (bicyclic) bond motifs is 1. The third-order valence-corrected chi connectivity index (χ3v) is 2.67. The predicted molar refractivity (Wildman–Crippen MR) is 69.3 cm³/mol. The molecule has 0 aliphatic heterocycles. The fraction of sp³-hybridized carbons (Fsp3) is 0.231. The number of esters is 1. The van der Waals surface area contributed by atoms with Crippen molar-refractivity contribution in [3.63, 3.8) is 0 Å².